The van der Waals surface area contributed by atoms with Crippen molar-refractivity contribution in [2.45, 2.75) is 0 Å². The van der Waals surface area contributed by atoms with E-state index in [0.29, 0.717) is 0 Å². The number of hydrogen-bond acceptors (Lipinski definition) is 4. The molecule has 74 valence electrons. The number of anilines is 1. The Morgan fingerprint density at radius 2 is 2.29 bits per heavy atom. The van der Waals surface area contributed by atoms with Crippen LogP contribution < -0.4 is 4.90 Å². The third kappa shape index (κ3) is 1.20. The molecule has 0 unspecified atom stereocenters. The molecule has 14 heavy (non-hydrogen) atoms. The first kappa shape index (κ1) is 8.26. The van der Waals surface area contributed by atoms with Gasteiger partial charge in [0.25, 0.3) is 0 Å². The van der Waals surface area contributed by atoms with Crippen LogP contribution in [0.2, 0.25) is 0 Å². The number of nitrogens with one attached hydrogen (secondary N) is 1. The van der Waals surface area contributed by atoms with E-state index in [1.165, 1.54) is 4.70 Å². The van der Waals surface area contributed by atoms with Crippen molar-refractivity contribution >= 4 is 27.4 Å². The zero-order valence-electron chi connectivity index (χ0n) is 7.69. The maximum atomic E-state index is 5.32. The third-order valence-electron chi connectivity index (χ3n) is 2.46. The summed E-state index contributed by atoms with van der Waals surface area (Å²) in [5, 5.41) is 9.47. The van der Waals surface area contributed by atoms with Crippen molar-refractivity contribution in [3.63, 3.8) is 0 Å². The standard InChI is InChI=1S/C9H11N3OS/c1-6-14-8-7(1)10-11-9(8)12-2-4-13-5-3-12/h1,6H,2-5H2,(H,10,11). The quantitative estimate of drug-likeness (QED) is 0.773. The Morgan fingerprint density at radius 1 is 1.43 bits per heavy atom. The third-order valence-corrected chi connectivity index (χ3v) is 3.37. The Balaban J connectivity index is 1.99. The highest BCUT2D eigenvalue weighted by Gasteiger charge is 2.16. The number of thiophene rings is 1. The summed E-state index contributed by atoms with van der Waals surface area (Å²) in [4.78, 5) is 2.28. The average Bonchev–Trinajstić information content (AvgIpc) is 2.79. The van der Waals surface area contributed by atoms with E-state index < -0.39 is 0 Å². The second-order valence-electron chi connectivity index (χ2n) is 3.31. The minimum Gasteiger partial charge on any atom is -0.378 e. The average molecular weight is 209 g/mol. The fourth-order valence-electron chi connectivity index (χ4n) is 1.72. The molecule has 1 N–H and O–H groups in total. The lowest BCUT2D eigenvalue weighted by Crippen LogP contribution is -2.36. The topological polar surface area (TPSA) is 41.2 Å². The zero-order valence-corrected chi connectivity index (χ0v) is 8.51. The molecule has 0 atom stereocenters. The smallest absolute Gasteiger partial charge is 0.168 e. The van der Waals surface area contributed by atoms with E-state index in [1.54, 1.807) is 11.3 Å². The van der Waals surface area contributed by atoms with Crippen molar-refractivity contribution in [3.05, 3.63) is 11.4 Å². The Kier molecular flexibility index (Phi) is 1.92. The molecule has 1 saturated heterocycles. The van der Waals surface area contributed by atoms with E-state index in [4.69, 9.17) is 4.74 Å². The first-order valence-electron chi connectivity index (χ1n) is 4.69. The number of nitrogens with zero attached hydrogens (tertiary/aromatic N) is 2. The molecule has 3 heterocycles. The minimum atomic E-state index is 0.805. The van der Waals surface area contributed by atoms with Gasteiger partial charge in [-0.3, -0.25) is 5.10 Å². The second-order valence-corrected chi connectivity index (χ2v) is 4.23. The monoisotopic (exact) mass is 209 g/mol. The maximum Gasteiger partial charge on any atom is 0.168 e. The number of aromatic nitrogens is 2. The number of H-pyrrole nitrogens is 1. The van der Waals surface area contributed by atoms with E-state index in [9.17, 15) is 0 Å². The Labute approximate surface area is 85.5 Å². The fourth-order valence-corrected chi connectivity index (χ4v) is 2.58. The number of fused-ring (bicyclic) bond motifs is 1. The van der Waals surface area contributed by atoms with Gasteiger partial charge in [0, 0.05) is 13.1 Å². The molecule has 0 amide bonds. The SMILES string of the molecule is c1cc2[nH]nc(N3CCOCC3)c2s1. The molecule has 0 spiro atoms. The number of morpholine rings is 1. The summed E-state index contributed by atoms with van der Waals surface area (Å²) >= 11 is 1.74. The summed E-state index contributed by atoms with van der Waals surface area (Å²) in [6, 6.07) is 2.07. The van der Waals surface area contributed by atoms with Gasteiger partial charge in [-0.25, -0.2) is 0 Å². The molecule has 3 rings (SSSR count). The lowest BCUT2D eigenvalue weighted by Gasteiger charge is -2.26. The molecule has 1 aliphatic rings. The summed E-state index contributed by atoms with van der Waals surface area (Å²) in [7, 11) is 0. The van der Waals surface area contributed by atoms with Gasteiger partial charge in [0.1, 0.15) is 0 Å². The summed E-state index contributed by atoms with van der Waals surface area (Å²) < 4.78 is 6.57. The van der Waals surface area contributed by atoms with E-state index in [2.05, 4.69) is 26.5 Å². The van der Waals surface area contributed by atoms with Gasteiger partial charge in [0.15, 0.2) is 5.82 Å². The lowest BCUT2D eigenvalue weighted by atomic mass is 10.4. The first-order valence-corrected chi connectivity index (χ1v) is 5.57. The molecule has 0 aromatic carbocycles. The van der Waals surface area contributed by atoms with Crippen molar-refractivity contribution in [2.24, 2.45) is 0 Å². The van der Waals surface area contributed by atoms with Crippen LogP contribution in [-0.4, -0.2) is 36.5 Å². The van der Waals surface area contributed by atoms with Gasteiger partial charge in [0.05, 0.1) is 23.4 Å². The fraction of sp³-hybridized carbons (Fsp3) is 0.444. The van der Waals surface area contributed by atoms with Crippen molar-refractivity contribution in [3.8, 4) is 0 Å². The van der Waals surface area contributed by atoms with Crippen molar-refractivity contribution in [1.29, 1.82) is 0 Å². The van der Waals surface area contributed by atoms with Crippen LogP contribution in [0.4, 0.5) is 5.82 Å². The molecule has 2 aromatic rings. The highest BCUT2D eigenvalue weighted by molar-refractivity contribution is 7.17. The van der Waals surface area contributed by atoms with Gasteiger partial charge in [-0.05, 0) is 11.4 Å². The zero-order chi connectivity index (χ0) is 9.38. The van der Waals surface area contributed by atoms with Crippen LogP contribution >= 0.6 is 11.3 Å². The Hall–Kier alpha value is -1.07. The molecule has 1 aliphatic heterocycles. The number of aromatic amines is 1. The minimum absolute atomic E-state index is 0.805. The van der Waals surface area contributed by atoms with Crippen LogP contribution in [0.1, 0.15) is 0 Å². The molecule has 0 saturated carbocycles. The summed E-state index contributed by atoms with van der Waals surface area (Å²) in [6.45, 7) is 3.50. The molecular formula is C9H11N3OS. The van der Waals surface area contributed by atoms with Crippen LogP contribution in [0, 0.1) is 0 Å². The molecule has 5 heteroatoms. The Morgan fingerprint density at radius 3 is 3.14 bits per heavy atom. The van der Waals surface area contributed by atoms with E-state index in [1.807, 2.05) is 0 Å². The normalized spacial score (nSPS) is 17.9. The molecule has 2 aromatic heterocycles. The number of ether oxygens (including phenoxy) is 1. The van der Waals surface area contributed by atoms with Gasteiger partial charge in [-0.15, -0.1) is 11.3 Å². The molecule has 0 radical (unpaired) electrons. The van der Waals surface area contributed by atoms with E-state index in [0.717, 1.165) is 37.6 Å². The summed E-state index contributed by atoms with van der Waals surface area (Å²) in [5.41, 5.74) is 1.14. The van der Waals surface area contributed by atoms with Crippen LogP contribution in [0.15, 0.2) is 11.4 Å². The molecule has 4 nitrogen and oxygen atoms in total. The summed E-state index contributed by atoms with van der Waals surface area (Å²) in [5.74, 6) is 1.08. The van der Waals surface area contributed by atoms with Crippen molar-refractivity contribution < 1.29 is 4.74 Å². The summed E-state index contributed by atoms with van der Waals surface area (Å²) in [6.07, 6.45) is 0. The van der Waals surface area contributed by atoms with Gasteiger partial charge in [0.2, 0.25) is 0 Å². The highest BCUT2D eigenvalue weighted by Crippen LogP contribution is 2.29. The predicted octanol–water partition coefficient (Wildman–Crippen LogP) is 1.46. The van der Waals surface area contributed by atoms with Crippen molar-refractivity contribution in [2.75, 3.05) is 31.2 Å². The number of hydrogen-bond donors (Lipinski definition) is 1. The number of rotatable bonds is 1. The van der Waals surface area contributed by atoms with Gasteiger partial charge < -0.3 is 9.64 Å². The van der Waals surface area contributed by atoms with Crippen LogP contribution in [0.3, 0.4) is 0 Å². The lowest BCUT2D eigenvalue weighted by molar-refractivity contribution is 0.122. The van der Waals surface area contributed by atoms with E-state index >= 15 is 0 Å². The van der Waals surface area contributed by atoms with Crippen LogP contribution in [0.25, 0.3) is 10.2 Å². The van der Waals surface area contributed by atoms with Crippen LogP contribution in [0.5, 0.6) is 0 Å². The molecule has 1 fully saturated rings. The van der Waals surface area contributed by atoms with Gasteiger partial charge in [-0.1, -0.05) is 0 Å². The predicted molar refractivity (Wildman–Crippen MR) is 57.0 cm³/mol. The van der Waals surface area contributed by atoms with Gasteiger partial charge >= 0.3 is 0 Å². The molecule has 0 aliphatic carbocycles. The Bertz CT molecular complexity index is 430. The highest BCUT2D eigenvalue weighted by atomic mass is 32.1. The largest absolute Gasteiger partial charge is 0.378 e. The molecule has 0 bridgehead atoms. The first-order chi connectivity index (χ1) is 6.95. The van der Waals surface area contributed by atoms with Crippen LogP contribution in [-0.2, 0) is 4.74 Å². The van der Waals surface area contributed by atoms with Gasteiger partial charge in [-0.2, -0.15) is 5.10 Å². The maximum absolute atomic E-state index is 5.32. The van der Waals surface area contributed by atoms with Crippen molar-refractivity contribution in [1.82, 2.24) is 10.2 Å². The van der Waals surface area contributed by atoms with E-state index in [-0.39, 0.29) is 0 Å². The molecular weight excluding hydrogens is 198 g/mol. The second kappa shape index (κ2) is 3.25.